The Balaban J connectivity index is 2.48. The van der Waals surface area contributed by atoms with E-state index >= 15 is 0 Å². The summed E-state index contributed by atoms with van der Waals surface area (Å²) in [5.41, 5.74) is 6.21. The third-order valence-corrected chi connectivity index (χ3v) is 2.96. The van der Waals surface area contributed by atoms with Crippen LogP contribution >= 0.6 is 0 Å². The molecule has 18 heavy (non-hydrogen) atoms. The van der Waals surface area contributed by atoms with Crippen LogP contribution in [-0.2, 0) is 12.6 Å². The average Bonchev–Trinajstić information content (AvgIpc) is 2.29. The molecule has 1 rings (SSSR count). The van der Waals surface area contributed by atoms with Crippen molar-refractivity contribution < 1.29 is 13.2 Å². The quantitative estimate of drug-likeness (QED) is 0.763. The first-order valence-corrected chi connectivity index (χ1v) is 6.35. The zero-order valence-corrected chi connectivity index (χ0v) is 10.6. The third kappa shape index (κ3) is 5.08. The molecule has 0 aliphatic carbocycles. The molecule has 4 heteroatoms. The van der Waals surface area contributed by atoms with Gasteiger partial charge in [0.2, 0.25) is 0 Å². The molecule has 0 saturated heterocycles. The van der Waals surface area contributed by atoms with E-state index in [0.29, 0.717) is 6.42 Å². The minimum absolute atomic E-state index is 0.0355. The van der Waals surface area contributed by atoms with Crippen LogP contribution in [0.5, 0.6) is 0 Å². The van der Waals surface area contributed by atoms with E-state index in [4.69, 9.17) is 5.73 Å². The van der Waals surface area contributed by atoms with Crippen molar-refractivity contribution in [2.45, 2.75) is 51.2 Å². The van der Waals surface area contributed by atoms with Gasteiger partial charge in [-0.2, -0.15) is 13.2 Å². The summed E-state index contributed by atoms with van der Waals surface area (Å²) < 4.78 is 37.1. The molecule has 0 aliphatic heterocycles. The Labute approximate surface area is 106 Å². The van der Waals surface area contributed by atoms with Gasteiger partial charge < -0.3 is 5.73 Å². The normalized spacial score (nSPS) is 13.6. The first kappa shape index (κ1) is 15.0. The summed E-state index contributed by atoms with van der Waals surface area (Å²) >= 11 is 0. The van der Waals surface area contributed by atoms with Crippen molar-refractivity contribution in [1.29, 1.82) is 0 Å². The van der Waals surface area contributed by atoms with Crippen molar-refractivity contribution in [2.24, 2.45) is 5.73 Å². The number of hydrogen-bond acceptors (Lipinski definition) is 1. The summed E-state index contributed by atoms with van der Waals surface area (Å²) in [7, 11) is 0. The average molecular weight is 259 g/mol. The van der Waals surface area contributed by atoms with Crippen molar-refractivity contribution in [1.82, 2.24) is 0 Å². The van der Waals surface area contributed by atoms with Gasteiger partial charge in [0.15, 0.2) is 0 Å². The highest BCUT2D eigenvalue weighted by Gasteiger charge is 2.29. The van der Waals surface area contributed by atoms with Gasteiger partial charge in [0.05, 0.1) is 5.56 Å². The van der Waals surface area contributed by atoms with Crippen molar-refractivity contribution in [3.05, 3.63) is 35.4 Å². The van der Waals surface area contributed by atoms with Crippen LogP contribution < -0.4 is 5.73 Å². The molecule has 1 aromatic rings. The Bertz CT molecular complexity index is 343. The molecule has 0 radical (unpaired) electrons. The highest BCUT2D eigenvalue weighted by molar-refractivity contribution is 5.25. The lowest BCUT2D eigenvalue weighted by atomic mass is 10.0. The van der Waals surface area contributed by atoms with Gasteiger partial charge in [-0.25, -0.2) is 0 Å². The highest BCUT2D eigenvalue weighted by Crippen LogP contribution is 2.29. The summed E-state index contributed by atoms with van der Waals surface area (Å²) in [6, 6.07) is 5.31. The molecule has 0 bridgehead atoms. The van der Waals surface area contributed by atoms with E-state index < -0.39 is 11.7 Å². The van der Waals surface area contributed by atoms with Crippen LogP contribution in [0.1, 0.15) is 43.7 Å². The van der Waals surface area contributed by atoms with Crippen LogP contribution in [-0.4, -0.2) is 6.04 Å². The second-order valence-corrected chi connectivity index (χ2v) is 4.65. The Morgan fingerprint density at radius 2 is 1.72 bits per heavy atom. The molecular formula is C14H20F3N. The van der Waals surface area contributed by atoms with Gasteiger partial charge in [-0.15, -0.1) is 0 Å². The molecule has 0 spiro atoms. The van der Waals surface area contributed by atoms with Crippen molar-refractivity contribution in [3.63, 3.8) is 0 Å². The smallest absolute Gasteiger partial charge is 0.327 e. The number of hydrogen-bond donors (Lipinski definition) is 1. The molecular weight excluding hydrogens is 239 g/mol. The summed E-state index contributed by atoms with van der Waals surface area (Å²) in [4.78, 5) is 0. The van der Waals surface area contributed by atoms with Gasteiger partial charge in [-0.05, 0) is 30.5 Å². The molecule has 0 aliphatic rings. The molecule has 0 fully saturated rings. The SMILES string of the molecule is CCCCCC(N)Cc1ccc(C(F)(F)F)cc1. The number of halogens is 3. The van der Waals surface area contributed by atoms with Gasteiger partial charge in [0.25, 0.3) is 0 Å². The molecule has 102 valence electrons. The third-order valence-electron chi connectivity index (χ3n) is 2.96. The molecule has 0 saturated carbocycles. The number of unbranched alkanes of at least 4 members (excludes halogenated alkanes) is 2. The lowest BCUT2D eigenvalue weighted by molar-refractivity contribution is -0.137. The van der Waals surface area contributed by atoms with Crippen LogP contribution in [0, 0.1) is 0 Å². The predicted octanol–water partition coefficient (Wildman–Crippen LogP) is 4.16. The van der Waals surface area contributed by atoms with Crippen LogP contribution in [0.4, 0.5) is 13.2 Å². The largest absolute Gasteiger partial charge is 0.416 e. The predicted molar refractivity (Wildman–Crippen MR) is 67.3 cm³/mol. The van der Waals surface area contributed by atoms with Gasteiger partial charge in [0, 0.05) is 6.04 Å². The summed E-state index contributed by atoms with van der Waals surface area (Å²) in [6.07, 6.45) is 0.685. The summed E-state index contributed by atoms with van der Waals surface area (Å²) in [5, 5.41) is 0. The standard InChI is InChI=1S/C14H20F3N/c1-2-3-4-5-13(18)10-11-6-8-12(9-7-11)14(15,16)17/h6-9,13H,2-5,10,18H2,1H3. The molecule has 1 nitrogen and oxygen atoms in total. The molecule has 1 unspecified atom stereocenters. The second-order valence-electron chi connectivity index (χ2n) is 4.65. The highest BCUT2D eigenvalue weighted by atomic mass is 19.4. The van der Waals surface area contributed by atoms with Crippen LogP contribution in [0.3, 0.4) is 0 Å². The molecule has 0 amide bonds. The molecule has 1 atom stereocenters. The maximum Gasteiger partial charge on any atom is 0.416 e. The van der Waals surface area contributed by atoms with Crippen LogP contribution in [0.25, 0.3) is 0 Å². The summed E-state index contributed by atoms with van der Waals surface area (Å²) in [5.74, 6) is 0. The second kappa shape index (κ2) is 6.78. The van der Waals surface area contributed by atoms with E-state index in [2.05, 4.69) is 6.92 Å². The Morgan fingerprint density at radius 3 is 2.22 bits per heavy atom. The number of benzene rings is 1. The maximum absolute atomic E-state index is 12.4. The van der Waals surface area contributed by atoms with E-state index in [9.17, 15) is 13.2 Å². The number of alkyl halides is 3. The molecule has 0 heterocycles. The van der Waals surface area contributed by atoms with Crippen molar-refractivity contribution >= 4 is 0 Å². The van der Waals surface area contributed by atoms with Gasteiger partial charge in [0.1, 0.15) is 0 Å². The van der Waals surface area contributed by atoms with E-state index in [0.717, 1.165) is 43.4 Å². The Kier molecular flexibility index (Phi) is 5.66. The molecule has 0 aromatic heterocycles. The lowest BCUT2D eigenvalue weighted by Crippen LogP contribution is -2.22. The van der Waals surface area contributed by atoms with Gasteiger partial charge >= 0.3 is 6.18 Å². The number of nitrogens with two attached hydrogens (primary N) is 1. The first-order valence-electron chi connectivity index (χ1n) is 6.35. The van der Waals surface area contributed by atoms with Crippen molar-refractivity contribution in [3.8, 4) is 0 Å². The zero-order valence-electron chi connectivity index (χ0n) is 10.6. The molecule has 2 N–H and O–H groups in total. The van der Waals surface area contributed by atoms with E-state index in [-0.39, 0.29) is 6.04 Å². The van der Waals surface area contributed by atoms with Crippen LogP contribution in [0.2, 0.25) is 0 Å². The fourth-order valence-corrected chi connectivity index (χ4v) is 1.89. The number of rotatable bonds is 6. The first-order chi connectivity index (χ1) is 8.43. The fourth-order valence-electron chi connectivity index (χ4n) is 1.89. The minimum Gasteiger partial charge on any atom is -0.327 e. The van der Waals surface area contributed by atoms with E-state index in [1.54, 1.807) is 0 Å². The lowest BCUT2D eigenvalue weighted by Gasteiger charge is -2.12. The topological polar surface area (TPSA) is 26.0 Å². The Morgan fingerprint density at radius 1 is 1.11 bits per heavy atom. The molecule has 1 aromatic carbocycles. The Hall–Kier alpha value is -1.03. The fraction of sp³-hybridized carbons (Fsp3) is 0.571. The monoisotopic (exact) mass is 259 g/mol. The van der Waals surface area contributed by atoms with E-state index in [1.165, 1.54) is 12.1 Å². The van der Waals surface area contributed by atoms with Gasteiger partial charge in [-0.3, -0.25) is 0 Å². The maximum atomic E-state index is 12.4. The minimum atomic E-state index is -4.26. The van der Waals surface area contributed by atoms with Crippen molar-refractivity contribution in [2.75, 3.05) is 0 Å². The zero-order chi connectivity index (χ0) is 13.6. The summed E-state index contributed by atoms with van der Waals surface area (Å²) in [6.45, 7) is 2.13. The van der Waals surface area contributed by atoms with Crippen LogP contribution in [0.15, 0.2) is 24.3 Å². The van der Waals surface area contributed by atoms with Gasteiger partial charge in [-0.1, -0.05) is 38.3 Å². The van der Waals surface area contributed by atoms with E-state index in [1.807, 2.05) is 0 Å².